The van der Waals surface area contributed by atoms with E-state index in [2.05, 4.69) is 10.6 Å². The Hall–Kier alpha value is -1.26. The number of aromatic hydroxyl groups is 1. The number of halogens is 1. The van der Waals surface area contributed by atoms with Crippen LogP contribution < -0.4 is 10.6 Å². The Morgan fingerprint density at radius 1 is 1.35 bits per heavy atom. The highest BCUT2D eigenvalue weighted by Crippen LogP contribution is 2.31. The molecule has 3 N–H and O–H groups in total. The summed E-state index contributed by atoms with van der Waals surface area (Å²) in [7, 11) is 1.93. The molecule has 1 fully saturated rings. The van der Waals surface area contributed by atoms with Gasteiger partial charge in [0, 0.05) is 17.6 Å². The number of amides is 1. The van der Waals surface area contributed by atoms with Crippen LogP contribution in [0.1, 0.15) is 38.5 Å². The number of phenols is 1. The predicted molar refractivity (Wildman–Crippen MR) is 81.2 cm³/mol. The molecule has 0 heterocycles. The molecule has 0 radical (unpaired) electrons. The number of hydrogen-bond donors (Lipinski definition) is 3. The van der Waals surface area contributed by atoms with Gasteiger partial charge in [0.15, 0.2) is 0 Å². The van der Waals surface area contributed by atoms with Crippen LogP contribution in [0.25, 0.3) is 0 Å². The number of carbonyl (C=O) groups is 1. The van der Waals surface area contributed by atoms with E-state index in [0.29, 0.717) is 12.1 Å². The van der Waals surface area contributed by atoms with Gasteiger partial charge in [-0.1, -0.05) is 30.9 Å². The van der Waals surface area contributed by atoms with E-state index in [-0.39, 0.29) is 22.2 Å². The van der Waals surface area contributed by atoms with Crippen LogP contribution in [0.3, 0.4) is 0 Å². The van der Waals surface area contributed by atoms with E-state index in [9.17, 15) is 9.90 Å². The van der Waals surface area contributed by atoms with Crippen LogP contribution >= 0.6 is 11.6 Å². The average molecular weight is 297 g/mol. The number of rotatable bonds is 4. The van der Waals surface area contributed by atoms with Crippen LogP contribution in [0, 0.1) is 0 Å². The van der Waals surface area contributed by atoms with Crippen molar-refractivity contribution >= 4 is 23.2 Å². The maximum Gasteiger partial charge on any atom is 0.226 e. The summed E-state index contributed by atoms with van der Waals surface area (Å²) in [4.78, 5) is 12.2. The van der Waals surface area contributed by atoms with E-state index >= 15 is 0 Å². The lowest BCUT2D eigenvalue weighted by Gasteiger charge is -2.36. The number of phenolic OH excluding ortho intramolecular Hbond substituents is 1. The van der Waals surface area contributed by atoms with Crippen molar-refractivity contribution < 1.29 is 9.90 Å². The SMILES string of the molecule is CNC1(CC(=O)Nc2ccc(O)c(Cl)c2)CCCCC1. The van der Waals surface area contributed by atoms with Gasteiger partial charge in [-0.15, -0.1) is 0 Å². The molecule has 1 aromatic rings. The van der Waals surface area contributed by atoms with Gasteiger partial charge in [-0.2, -0.15) is 0 Å². The number of carbonyl (C=O) groups excluding carboxylic acids is 1. The third-order valence-corrected chi connectivity index (χ3v) is 4.37. The summed E-state index contributed by atoms with van der Waals surface area (Å²) < 4.78 is 0. The molecule has 110 valence electrons. The molecule has 1 amide bonds. The minimum atomic E-state index is -0.0803. The lowest BCUT2D eigenvalue weighted by atomic mass is 9.79. The van der Waals surface area contributed by atoms with Crippen molar-refractivity contribution in [3.05, 3.63) is 23.2 Å². The fraction of sp³-hybridized carbons (Fsp3) is 0.533. The van der Waals surface area contributed by atoms with Gasteiger partial charge in [0.05, 0.1) is 5.02 Å². The molecule has 1 aromatic carbocycles. The number of hydrogen-bond acceptors (Lipinski definition) is 3. The summed E-state index contributed by atoms with van der Waals surface area (Å²) in [5.41, 5.74) is 0.531. The van der Waals surface area contributed by atoms with E-state index in [0.717, 1.165) is 12.8 Å². The molecule has 0 bridgehead atoms. The molecule has 0 saturated heterocycles. The largest absolute Gasteiger partial charge is 0.506 e. The zero-order valence-electron chi connectivity index (χ0n) is 11.7. The second-order valence-electron chi connectivity index (χ2n) is 5.48. The van der Waals surface area contributed by atoms with Gasteiger partial charge in [0.2, 0.25) is 5.91 Å². The Morgan fingerprint density at radius 2 is 2.05 bits per heavy atom. The topological polar surface area (TPSA) is 61.4 Å². The van der Waals surface area contributed by atoms with E-state index < -0.39 is 0 Å². The first-order valence-corrected chi connectivity index (χ1v) is 7.40. The highest BCUT2D eigenvalue weighted by molar-refractivity contribution is 6.32. The van der Waals surface area contributed by atoms with E-state index in [4.69, 9.17) is 11.6 Å². The molecule has 1 saturated carbocycles. The van der Waals surface area contributed by atoms with Gasteiger partial charge in [-0.3, -0.25) is 4.79 Å². The van der Waals surface area contributed by atoms with E-state index in [1.807, 2.05) is 7.05 Å². The monoisotopic (exact) mass is 296 g/mol. The molecule has 2 rings (SSSR count). The van der Waals surface area contributed by atoms with Gasteiger partial charge in [-0.25, -0.2) is 0 Å². The first kappa shape index (κ1) is 15.1. The summed E-state index contributed by atoms with van der Waals surface area (Å²) in [6.07, 6.45) is 6.11. The van der Waals surface area contributed by atoms with Gasteiger partial charge in [-0.05, 0) is 38.1 Å². The van der Waals surface area contributed by atoms with Gasteiger partial charge >= 0.3 is 0 Å². The highest BCUT2D eigenvalue weighted by Gasteiger charge is 2.32. The van der Waals surface area contributed by atoms with E-state index in [1.165, 1.54) is 25.3 Å². The van der Waals surface area contributed by atoms with Crippen LogP contribution in [0.15, 0.2) is 18.2 Å². The van der Waals surface area contributed by atoms with Crippen molar-refractivity contribution in [2.24, 2.45) is 0 Å². The molecule has 0 aliphatic heterocycles. The molecule has 1 aliphatic carbocycles. The van der Waals surface area contributed by atoms with Crippen molar-refractivity contribution in [3.8, 4) is 5.75 Å². The van der Waals surface area contributed by atoms with Gasteiger partial charge in [0.25, 0.3) is 0 Å². The van der Waals surface area contributed by atoms with E-state index in [1.54, 1.807) is 12.1 Å². The molecule has 5 heteroatoms. The zero-order chi connectivity index (χ0) is 14.6. The standard InChI is InChI=1S/C15H21ClN2O2/c1-17-15(7-3-2-4-8-15)10-14(20)18-11-5-6-13(19)12(16)9-11/h5-6,9,17,19H,2-4,7-8,10H2,1H3,(H,18,20). The maximum absolute atomic E-state index is 12.2. The van der Waals surface area contributed by atoms with Crippen molar-refractivity contribution in [2.75, 3.05) is 12.4 Å². The Balaban J connectivity index is 1.98. The fourth-order valence-corrected chi connectivity index (χ4v) is 3.02. The highest BCUT2D eigenvalue weighted by atomic mass is 35.5. The van der Waals surface area contributed by atoms with Crippen molar-refractivity contribution in [2.45, 2.75) is 44.1 Å². The summed E-state index contributed by atoms with van der Waals surface area (Å²) in [6.45, 7) is 0. The Kier molecular flexibility index (Phi) is 4.89. The molecule has 0 spiro atoms. The summed E-state index contributed by atoms with van der Waals surface area (Å²) >= 11 is 5.83. The minimum Gasteiger partial charge on any atom is -0.506 e. The summed E-state index contributed by atoms with van der Waals surface area (Å²) in [5.74, 6) is -0.00773. The molecule has 0 unspecified atom stereocenters. The molecule has 0 aromatic heterocycles. The number of nitrogens with one attached hydrogen (secondary N) is 2. The quantitative estimate of drug-likeness (QED) is 0.747. The van der Waals surface area contributed by atoms with Gasteiger partial charge in [0.1, 0.15) is 5.75 Å². The smallest absolute Gasteiger partial charge is 0.226 e. The summed E-state index contributed by atoms with van der Waals surface area (Å²) in [6, 6.07) is 4.68. The van der Waals surface area contributed by atoms with Crippen LogP contribution in [-0.2, 0) is 4.79 Å². The zero-order valence-corrected chi connectivity index (χ0v) is 12.5. The third-order valence-electron chi connectivity index (χ3n) is 4.07. The normalized spacial score (nSPS) is 17.7. The molecular weight excluding hydrogens is 276 g/mol. The Bertz CT molecular complexity index is 485. The van der Waals surface area contributed by atoms with Crippen LogP contribution in [-0.4, -0.2) is 23.6 Å². The average Bonchev–Trinajstić information content (AvgIpc) is 2.44. The third kappa shape index (κ3) is 3.64. The molecular formula is C15H21ClN2O2. The van der Waals surface area contributed by atoms with Crippen LogP contribution in [0.2, 0.25) is 5.02 Å². The first-order valence-electron chi connectivity index (χ1n) is 7.02. The summed E-state index contributed by atoms with van der Waals surface area (Å²) in [5, 5.41) is 15.8. The van der Waals surface area contributed by atoms with Crippen molar-refractivity contribution in [1.29, 1.82) is 0 Å². The molecule has 1 aliphatic rings. The Labute approximate surface area is 124 Å². The predicted octanol–water partition coefficient (Wildman–Crippen LogP) is 3.30. The van der Waals surface area contributed by atoms with Crippen LogP contribution in [0.5, 0.6) is 5.75 Å². The lowest BCUT2D eigenvalue weighted by Crippen LogP contribution is -2.47. The molecule has 20 heavy (non-hydrogen) atoms. The first-order chi connectivity index (χ1) is 9.54. The second kappa shape index (κ2) is 6.46. The van der Waals surface area contributed by atoms with Crippen molar-refractivity contribution in [1.82, 2.24) is 5.32 Å². The van der Waals surface area contributed by atoms with Crippen molar-refractivity contribution in [3.63, 3.8) is 0 Å². The maximum atomic E-state index is 12.2. The second-order valence-corrected chi connectivity index (χ2v) is 5.89. The Morgan fingerprint density at radius 3 is 2.65 bits per heavy atom. The lowest BCUT2D eigenvalue weighted by molar-refractivity contribution is -0.117. The van der Waals surface area contributed by atoms with Crippen LogP contribution in [0.4, 0.5) is 5.69 Å². The molecule has 4 nitrogen and oxygen atoms in total. The minimum absolute atomic E-state index is 0.0173. The van der Waals surface area contributed by atoms with Gasteiger partial charge < -0.3 is 15.7 Å². The number of benzene rings is 1. The molecule has 0 atom stereocenters. The number of anilines is 1. The fourth-order valence-electron chi connectivity index (χ4n) is 2.84.